The third-order valence-electron chi connectivity index (χ3n) is 4.42. The van der Waals surface area contributed by atoms with Crippen molar-refractivity contribution in [3.8, 4) is 5.75 Å². The lowest BCUT2D eigenvalue weighted by Crippen LogP contribution is -2.13. The molecule has 0 fully saturated rings. The quantitative estimate of drug-likeness (QED) is 0.456. The Labute approximate surface area is 188 Å². The first-order valence-electron chi connectivity index (χ1n) is 9.08. The molecule has 1 heterocycles. The van der Waals surface area contributed by atoms with E-state index in [-0.39, 0.29) is 16.7 Å². The maximum atomic E-state index is 12.5. The third-order valence-corrected chi connectivity index (χ3v) is 6.26. The van der Waals surface area contributed by atoms with Gasteiger partial charge in [0.05, 0.1) is 17.7 Å². The molecule has 10 heteroatoms. The molecule has 0 radical (unpaired) electrons. The summed E-state index contributed by atoms with van der Waals surface area (Å²) in [4.78, 5) is 12.3. The summed E-state index contributed by atoms with van der Waals surface area (Å²) in [7, 11) is -2.30. The van der Waals surface area contributed by atoms with E-state index in [1.165, 1.54) is 30.3 Å². The number of sulfonamides is 1. The Morgan fingerprint density at radius 3 is 2.48 bits per heavy atom. The molecule has 2 N–H and O–H groups in total. The summed E-state index contributed by atoms with van der Waals surface area (Å²) >= 11 is 3.38. The molecule has 0 aliphatic rings. The molecule has 0 unspecified atom stereocenters. The van der Waals surface area contributed by atoms with Crippen molar-refractivity contribution in [2.24, 2.45) is 0 Å². The first-order chi connectivity index (χ1) is 14.7. The van der Waals surface area contributed by atoms with Crippen LogP contribution in [0.5, 0.6) is 5.75 Å². The van der Waals surface area contributed by atoms with Crippen molar-refractivity contribution in [3.63, 3.8) is 0 Å². The number of nitrogens with zero attached hydrogens (tertiary/aromatic N) is 1. The topological polar surface area (TPSA) is 111 Å². The number of ether oxygens (including phenoxy) is 1. The van der Waals surface area contributed by atoms with Gasteiger partial charge < -0.3 is 14.6 Å². The number of benzene rings is 2. The molecule has 3 aromatic rings. The molecule has 31 heavy (non-hydrogen) atoms. The Morgan fingerprint density at radius 2 is 1.87 bits per heavy atom. The number of nitrogens with one attached hydrogen (secondary N) is 2. The molecule has 3 rings (SSSR count). The molecular formula is C21H20BrN3O5S. The highest BCUT2D eigenvalue weighted by atomic mass is 79.9. The number of carbonyl (C=O) groups is 1. The highest BCUT2D eigenvalue weighted by Crippen LogP contribution is 2.25. The van der Waals surface area contributed by atoms with Crippen LogP contribution in [0, 0.1) is 13.8 Å². The minimum atomic E-state index is -3.85. The lowest BCUT2D eigenvalue weighted by Gasteiger charge is -2.08. The van der Waals surface area contributed by atoms with E-state index in [0.29, 0.717) is 22.7 Å². The molecule has 1 amide bonds. The van der Waals surface area contributed by atoms with Gasteiger partial charge in [0.2, 0.25) is 11.8 Å². The van der Waals surface area contributed by atoms with Gasteiger partial charge in [-0.1, -0.05) is 21.1 Å². The van der Waals surface area contributed by atoms with Crippen LogP contribution in [-0.4, -0.2) is 26.6 Å². The average molecular weight is 506 g/mol. The molecule has 0 bridgehead atoms. The number of aryl methyl sites for hydroxylation is 1. The van der Waals surface area contributed by atoms with Crippen LogP contribution in [-0.2, 0) is 14.8 Å². The van der Waals surface area contributed by atoms with Crippen LogP contribution in [0.25, 0.3) is 6.08 Å². The number of anilines is 2. The molecule has 0 spiro atoms. The predicted molar refractivity (Wildman–Crippen MR) is 122 cm³/mol. The van der Waals surface area contributed by atoms with Crippen LogP contribution in [0.1, 0.15) is 16.8 Å². The predicted octanol–water partition coefficient (Wildman–Crippen LogP) is 4.52. The lowest BCUT2D eigenvalue weighted by atomic mass is 10.2. The fourth-order valence-corrected chi connectivity index (χ4v) is 4.02. The van der Waals surface area contributed by atoms with Crippen LogP contribution < -0.4 is 14.8 Å². The Balaban J connectivity index is 1.68. The summed E-state index contributed by atoms with van der Waals surface area (Å²) in [6, 6.07) is 11.2. The maximum absolute atomic E-state index is 12.5. The number of amides is 1. The number of aromatic nitrogens is 1. The van der Waals surface area contributed by atoms with Gasteiger partial charge in [-0.25, -0.2) is 13.1 Å². The van der Waals surface area contributed by atoms with Crippen molar-refractivity contribution in [2.75, 3.05) is 17.1 Å². The zero-order valence-electron chi connectivity index (χ0n) is 17.0. The standard InChI is InChI=1S/C21H20BrN3O5S/c1-13-14(2)24-30-21(13)25-31(27,28)18-8-6-17(7-9-18)23-20(26)11-4-15-12-16(22)5-10-19(15)29-3/h4-12,25H,1-3H3,(H,23,26)/b11-4+. The zero-order chi connectivity index (χ0) is 22.6. The molecule has 2 aromatic carbocycles. The fourth-order valence-electron chi connectivity index (χ4n) is 2.59. The minimum absolute atomic E-state index is 0.0216. The van der Waals surface area contributed by atoms with Gasteiger partial charge in [-0.05, 0) is 62.4 Å². The first-order valence-corrected chi connectivity index (χ1v) is 11.4. The van der Waals surface area contributed by atoms with E-state index in [4.69, 9.17) is 9.26 Å². The zero-order valence-corrected chi connectivity index (χ0v) is 19.4. The number of hydrogen-bond donors (Lipinski definition) is 2. The van der Waals surface area contributed by atoms with E-state index in [0.717, 1.165) is 10.0 Å². The summed E-state index contributed by atoms with van der Waals surface area (Å²) in [6.07, 6.45) is 2.99. The maximum Gasteiger partial charge on any atom is 0.264 e. The van der Waals surface area contributed by atoms with Crippen molar-refractivity contribution < 1.29 is 22.5 Å². The van der Waals surface area contributed by atoms with Gasteiger partial charge in [0.1, 0.15) is 5.75 Å². The minimum Gasteiger partial charge on any atom is -0.496 e. The Bertz CT molecular complexity index is 1230. The van der Waals surface area contributed by atoms with Crippen LogP contribution in [0.2, 0.25) is 0 Å². The molecule has 0 aliphatic carbocycles. The second kappa shape index (κ2) is 9.36. The van der Waals surface area contributed by atoms with Crippen molar-refractivity contribution in [2.45, 2.75) is 18.7 Å². The Morgan fingerprint density at radius 1 is 1.16 bits per heavy atom. The van der Waals surface area contributed by atoms with E-state index in [1.807, 2.05) is 12.1 Å². The number of carbonyl (C=O) groups excluding carboxylic acids is 1. The summed E-state index contributed by atoms with van der Waals surface area (Å²) in [5, 5.41) is 6.41. The molecule has 0 saturated heterocycles. The van der Waals surface area contributed by atoms with Gasteiger partial charge in [0, 0.05) is 27.4 Å². The summed E-state index contributed by atoms with van der Waals surface area (Å²) in [5.41, 5.74) is 2.39. The molecule has 8 nitrogen and oxygen atoms in total. The number of halogens is 1. The normalized spacial score (nSPS) is 11.5. The number of rotatable bonds is 7. The van der Waals surface area contributed by atoms with Crippen LogP contribution in [0.4, 0.5) is 11.6 Å². The van der Waals surface area contributed by atoms with Gasteiger partial charge in [-0.2, -0.15) is 0 Å². The van der Waals surface area contributed by atoms with Crippen molar-refractivity contribution in [1.82, 2.24) is 5.16 Å². The van der Waals surface area contributed by atoms with E-state index < -0.39 is 10.0 Å². The molecule has 0 atom stereocenters. The van der Waals surface area contributed by atoms with Gasteiger partial charge in [0.15, 0.2) is 0 Å². The largest absolute Gasteiger partial charge is 0.496 e. The molecular weight excluding hydrogens is 486 g/mol. The fraction of sp³-hybridized carbons (Fsp3) is 0.143. The smallest absolute Gasteiger partial charge is 0.264 e. The lowest BCUT2D eigenvalue weighted by molar-refractivity contribution is -0.111. The van der Waals surface area contributed by atoms with E-state index in [2.05, 4.69) is 31.1 Å². The van der Waals surface area contributed by atoms with E-state index >= 15 is 0 Å². The first kappa shape index (κ1) is 22.6. The van der Waals surface area contributed by atoms with Gasteiger partial charge >= 0.3 is 0 Å². The summed E-state index contributed by atoms with van der Waals surface area (Å²) in [5.74, 6) is 0.331. The number of methoxy groups -OCH3 is 1. The third kappa shape index (κ3) is 5.53. The average Bonchev–Trinajstić information content (AvgIpc) is 3.04. The molecule has 0 aliphatic heterocycles. The highest BCUT2D eigenvalue weighted by molar-refractivity contribution is 9.10. The van der Waals surface area contributed by atoms with Crippen LogP contribution in [0.3, 0.4) is 0 Å². The van der Waals surface area contributed by atoms with Crippen molar-refractivity contribution in [3.05, 3.63) is 69.8 Å². The number of hydrogen-bond acceptors (Lipinski definition) is 6. The summed E-state index contributed by atoms with van der Waals surface area (Å²) < 4.78 is 38.6. The van der Waals surface area contributed by atoms with Crippen LogP contribution >= 0.6 is 15.9 Å². The van der Waals surface area contributed by atoms with E-state index in [9.17, 15) is 13.2 Å². The molecule has 0 saturated carbocycles. The SMILES string of the molecule is COc1ccc(Br)cc1/C=C/C(=O)Nc1ccc(S(=O)(=O)Nc2onc(C)c2C)cc1. The summed E-state index contributed by atoms with van der Waals surface area (Å²) in [6.45, 7) is 3.43. The van der Waals surface area contributed by atoms with Crippen molar-refractivity contribution in [1.29, 1.82) is 0 Å². The van der Waals surface area contributed by atoms with Gasteiger partial charge in [-0.15, -0.1) is 0 Å². The Hall–Kier alpha value is -3.11. The van der Waals surface area contributed by atoms with Crippen LogP contribution in [0.15, 0.2) is 62.4 Å². The van der Waals surface area contributed by atoms with Crippen molar-refractivity contribution >= 4 is 49.5 Å². The second-order valence-corrected chi connectivity index (χ2v) is 9.16. The van der Waals surface area contributed by atoms with E-state index in [1.54, 1.807) is 33.1 Å². The molecule has 1 aromatic heterocycles. The Kier molecular flexibility index (Phi) is 6.81. The second-order valence-electron chi connectivity index (χ2n) is 6.56. The van der Waals surface area contributed by atoms with Gasteiger partial charge in [-0.3, -0.25) is 4.79 Å². The monoisotopic (exact) mass is 505 g/mol. The van der Waals surface area contributed by atoms with Gasteiger partial charge in [0.25, 0.3) is 10.0 Å². The highest BCUT2D eigenvalue weighted by Gasteiger charge is 2.19. The molecule has 162 valence electrons.